The zero-order valence-corrected chi connectivity index (χ0v) is 11.3. The molecule has 1 fully saturated rings. The van der Waals surface area contributed by atoms with Crippen LogP contribution in [0.4, 0.5) is 5.69 Å². The van der Waals surface area contributed by atoms with E-state index in [4.69, 9.17) is 9.47 Å². The minimum Gasteiger partial charge on any atom is -0.348 e. The van der Waals surface area contributed by atoms with Gasteiger partial charge in [0, 0.05) is 12.1 Å². The molecule has 0 bridgehead atoms. The van der Waals surface area contributed by atoms with E-state index in [0.29, 0.717) is 18.5 Å². The second-order valence-electron chi connectivity index (χ2n) is 4.10. The molecule has 0 aliphatic carbocycles. The van der Waals surface area contributed by atoms with Crippen molar-refractivity contribution in [3.8, 4) is 0 Å². The normalized spacial score (nSPS) is 23.6. The molecule has 0 radical (unpaired) electrons. The molecule has 0 saturated carbocycles. The van der Waals surface area contributed by atoms with Gasteiger partial charge in [0.15, 0.2) is 6.29 Å². The van der Waals surface area contributed by atoms with Crippen molar-refractivity contribution >= 4 is 23.5 Å². The van der Waals surface area contributed by atoms with Crippen LogP contribution in [0, 0.1) is 10.1 Å². The quantitative estimate of drug-likeness (QED) is 0.627. The molecule has 1 aliphatic rings. The lowest BCUT2D eigenvalue weighted by atomic mass is 10.2. The fourth-order valence-electron chi connectivity index (χ4n) is 1.64. The number of ether oxygens (including phenoxy) is 2. The van der Waals surface area contributed by atoms with Gasteiger partial charge in [0.25, 0.3) is 5.69 Å². The molecule has 1 heterocycles. The van der Waals surface area contributed by atoms with Crippen LogP contribution in [0.2, 0.25) is 0 Å². The second kappa shape index (κ2) is 6.70. The Morgan fingerprint density at radius 2 is 1.95 bits per heavy atom. The molecule has 0 N–H and O–H groups in total. The number of rotatable bonds is 4. The molecule has 0 atom stereocenters. The fourth-order valence-corrected chi connectivity index (χ4v) is 2.07. The van der Waals surface area contributed by atoms with Crippen molar-refractivity contribution in [2.24, 2.45) is 0 Å². The Hall–Kier alpha value is -1.37. The van der Waals surface area contributed by atoms with E-state index >= 15 is 0 Å². The molecule has 2 rings (SSSR count). The van der Waals surface area contributed by atoms with Crippen molar-refractivity contribution in [3.63, 3.8) is 0 Å². The molecule has 1 saturated heterocycles. The summed E-state index contributed by atoms with van der Waals surface area (Å²) in [6.45, 7) is 1.35. The monoisotopic (exact) mass is 281 g/mol. The van der Waals surface area contributed by atoms with Gasteiger partial charge in [-0.25, -0.2) is 0 Å². The lowest BCUT2D eigenvalue weighted by Crippen LogP contribution is -2.32. The largest absolute Gasteiger partial charge is 0.348 e. The molecule has 0 amide bonds. The topological polar surface area (TPSA) is 61.6 Å². The summed E-state index contributed by atoms with van der Waals surface area (Å²) in [5.41, 5.74) is 0.968. The predicted octanol–water partition coefficient (Wildman–Crippen LogP) is 2.71. The maximum Gasteiger partial charge on any atom is 0.269 e. The van der Waals surface area contributed by atoms with Crippen molar-refractivity contribution in [2.75, 3.05) is 19.5 Å². The van der Waals surface area contributed by atoms with Crippen molar-refractivity contribution in [1.29, 1.82) is 0 Å². The first-order chi connectivity index (χ1) is 9.19. The number of non-ortho nitro benzene ring substituents is 1. The molecule has 0 aromatic heterocycles. The highest BCUT2D eigenvalue weighted by molar-refractivity contribution is 7.99. The number of benzene rings is 1. The van der Waals surface area contributed by atoms with E-state index in [-0.39, 0.29) is 12.0 Å². The van der Waals surface area contributed by atoms with Crippen LogP contribution < -0.4 is 0 Å². The molecule has 6 heteroatoms. The molecule has 19 heavy (non-hydrogen) atoms. The fraction of sp³-hybridized carbons (Fsp3) is 0.385. The van der Waals surface area contributed by atoms with Gasteiger partial charge in [-0.1, -0.05) is 6.08 Å². The van der Waals surface area contributed by atoms with Gasteiger partial charge < -0.3 is 9.47 Å². The van der Waals surface area contributed by atoms with E-state index < -0.39 is 4.92 Å². The smallest absolute Gasteiger partial charge is 0.269 e. The van der Waals surface area contributed by atoms with E-state index in [1.54, 1.807) is 23.9 Å². The second-order valence-corrected chi connectivity index (χ2v) is 5.24. The predicted molar refractivity (Wildman–Crippen MR) is 75.1 cm³/mol. The van der Waals surface area contributed by atoms with Gasteiger partial charge >= 0.3 is 0 Å². The zero-order chi connectivity index (χ0) is 13.7. The van der Waals surface area contributed by atoms with E-state index in [1.165, 1.54) is 12.1 Å². The molecule has 102 valence electrons. The van der Waals surface area contributed by atoms with Crippen LogP contribution in [0.5, 0.6) is 0 Å². The summed E-state index contributed by atoms with van der Waals surface area (Å²) in [4.78, 5) is 10.1. The summed E-state index contributed by atoms with van der Waals surface area (Å²) in [7, 11) is 0. The number of hydrogen-bond donors (Lipinski definition) is 0. The highest BCUT2D eigenvalue weighted by atomic mass is 32.2. The van der Waals surface area contributed by atoms with Gasteiger partial charge in [-0.15, -0.1) is 0 Å². The Kier molecular flexibility index (Phi) is 4.95. The first-order valence-electron chi connectivity index (χ1n) is 5.87. The van der Waals surface area contributed by atoms with E-state index in [0.717, 1.165) is 5.56 Å². The van der Waals surface area contributed by atoms with Crippen LogP contribution in [-0.2, 0) is 9.47 Å². The third-order valence-corrected chi connectivity index (χ3v) is 3.71. The van der Waals surface area contributed by atoms with Crippen LogP contribution in [0.3, 0.4) is 0 Å². The highest BCUT2D eigenvalue weighted by Crippen LogP contribution is 2.17. The molecule has 0 spiro atoms. The van der Waals surface area contributed by atoms with Crippen LogP contribution in [0.1, 0.15) is 5.56 Å². The first-order valence-corrected chi connectivity index (χ1v) is 7.16. The number of thioether (sulfide) groups is 1. The minimum absolute atomic E-state index is 0.0881. The van der Waals surface area contributed by atoms with Crippen molar-refractivity contribution in [3.05, 3.63) is 46.0 Å². The van der Waals surface area contributed by atoms with Gasteiger partial charge in [-0.2, -0.15) is 11.8 Å². The zero-order valence-electron chi connectivity index (χ0n) is 10.5. The summed E-state index contributed by atoms with van der Waals surface area (Å²) in [5, 5.41) is 10.9. The average Bonchev–Trinajstić information content (AvgIpc) is 2.46. The molecule has 1 aromatic rings. The standard InChI is InChI=1S/C13H15NO4S/c1-19-12-8-17-13(18-9-12)7-4-10-2-5-11(6-3-10)14(15)16/h2-7,12-13H,8-9H2,1H3/b7-4+. The Morgan fingerprint density at radius 1 is 1.32 bits per heavy atom. The van der Waals surface area contributed by atoms with E-state index in [9.17, 15) is 10.1 Å². The van der Waals surface area contributed by atoms with Crippen molar-refractivity contribution < 1.29 is 14.4 Å². The van der Waals surface area contributed by atoms with Gasteiger partial charge in [-0.3, -0.25) is 10.1 Å². The maximum atomic E-state index is 10.5. The molecule has 1 aromatic carbocycles. The Labute approximate surface area is 115 Å². The molecule has 5 nitrogen and oxygen atoms in total. The van der Waals surface area contributed by atoms with E-state index in [1.807, 2.05) is 18.4 Å². The van der Waals surface area contributed by atoms with Crippen molar-refractivity contribution in [2.45, 2.75) is 11.5 Å². The number of nitro groups is 1. The van der Waals surface area contributed by atoms with Crippen LogP contribution in [-0.4, -0.2) is 35.9 Å². The minimum atomic E-state index is -0.413. The molecular formula is C13H15NO4S. The number of nitro benzene ring substituents is 1. The SMILES string of the molecule is CSC1COC(/C=C/c2ccc([N+](=O)[O-])cc2)OC1. The van der Waals surface area contributed by atoms with E-state index in [2.05, 4.69) is 0 Å². The Bertz CT molecular complexity index is 452. The van der Waals surface area contributed by atoms with Gasteiger partial charge in [0.1, 0.15) is 0 Å². The third kappa shape index (κ3) is 4.05. The Morgan fingerprint density at radius 3 is 2.47 bits per heavy atom. The van der Waals surface area contributed by atoms with Gasteiger partial charge in [0.2, 0.25) is 0 Å². The number of hydrogen-bond acceptors (Lipinski definition) is 5. The molecule has 0 unspecified atom stereocenters. The lowest BCUT2D eigenvalue weighted by molar-refractivity contribution is -0.384. The van der Waals surface area contributed by atoms with Crippen LogP contribution >= 0.6 is 11.8 Å². The summed E-state index contributed by atoms with van der Waals surface area (Å²) in [6, 6.07) is 6.35. The molecular weight excluding hydrogens is 266 g/mol. The summed E-state index contributed by atoms with van der Waals surface area (Å²) in [6.07, 6.45) is 5.36. The Balaban J connectivity index is 1.90. The summed E-state index contributed by atoms with van der Waals surface area (Å²) in [5.74, 6) is 0. The van der Waals surface area contributed by atoms with Gasteiger partial charge in [0.05, 0.1) is 23.4 Å². The third-order valence-electron chi connectivity index (χ3n) is 2.78. The van der Waals surface area contributed by atoms with Crippen molar-refractivity contribution in [1.82, 2.24) is 0 Å². The maximum absolute atomic E-state index is 10.5. The average molecular weight is 281 g/mol. The lowest BCUT2D eigenvalue weighted by Gasteiger charge is -2.26. The summed E-state index contributed by atoms with van der Waals surface area (Å²) >= 11 is 1.73. The van der Waals surface area contributed by atoms with Crippen LogP contribution in [0.25, 0.3) is 6.08 Å². The first kappa shape index (κ1) is 14.0. The summed E-state index contributed by atoms with van der Waals surface area (Å²) < 4.78 is 11.1. The number of nitrogens with zero attached hydrogens (tertiary/aromatic N) is 1. The van der Waals surface area contributed by atoms with Crippen LogP contribution in [0.15, 0.2) is 30.3 Å². The van der Waals surface area contributed by atoms with Gasteiger partial charge in [-0.05, 0) is 30.0 Å². The highest BCUT2D eigenvalue weighted by Gasteiger charge is 2.19. The molecule has 1 aliphatic heterocycles.